The van der Waals surface area contributed by atoms with Gasteiger partial charge in [0, 0.05) is 37.3 Å². The molecule has 1 aromatic carbocycles. The molecule has 4 nitrogen and oxygen atoms in total. The molecule has 0 spiro atoms. The molecular formula is C18H24N2O2. The Labute approximate surface area is 131 Å². The van der Waals surface area contributed by atoms with Gasteiger partial charge in [-0.25, -0.2) is 0 Å². The van der Waals surface area contributed by atoms with Crippen LogP contribution >= 0.6 is 0 Å². The van der Waals surface area contributed by atoms with E-state index in [1.165, 1.54) is 10.9 Å². The lowest BCUT2D eigenvalue weighted by molar-refractivity contribution is -0.132. The van der Waals surface area contributed by atoms with Crippen molar-refractivity contribution in [2.45, 2.75) is 51.3 Å². The number of hydrogen-bond donors (Lipinski definition) is 1. The van der Waals surface area contributed by atoms with Crippen molar-refractivity contribution in [3.63, 3.8) is 0 Å². The van der Waals surface area contributed by atoms with Gasteiger partial charge in [0.15, 0.2) is 0 Å². The number of benzene rings is 1. The smallest absolute Gasteiger partial charge is 0.224 e. The lowest BCUT2D eigenvalue weighted by Gasteiger charge is -2.26. The van der Waals surface area contributed by atoms with E-state index in [1.807, 2.05) is 17.0 Å². The molecule has 1 fully saturated rings. The first-order valence-electron chi connectivity index (χ1n) is 8.16. The first-order valence-corrected chi connectivity index (χ1v) is 8.16. The number of amides is 1. The molecular weight excluding hydrogens is 276 g/mol. The van der Waals surface area contributed by atoms with E-state index in [9.17, 15) is 9.90 Å². The summed E-state index contributed by atoms with van der Waals surface area (Å²) in [5.74, 6) is 0.209. The topological polar surface area (TPSA) is 45.5 Å². The van der Waals surface area contributed by atoms with Gasteiger partial charge in [-0.3, -0.25) is 4.79 Å². The molecule has 2 unspecified atom stereocenters. The molecule has 118 valence electrons. The van der Waals surface area contributed by atoms with E-state index in [2.05, 4.69) is 29.0 Å². The van der Waals surface area contributed by atoms with E-state index in [1.54, 1.807) is 6.92 Å². The molecule has 2 heterocycles. The predicted octanol–water partition coefficient (Wildman–Crippen LogP) is 2.79. The number of aryl methyl sites for hydroxylation is 1. The van der Waals surface area contributed by atoms with Crippen molar-refractivity contribution in [3.05, 3.63) is 36.5 Å². The van der Waals surface area contributed by atoms with E-state index < -0.39 is 0 Å². The Hall–Kier alpha value is -1.81. The van der Waals surface area contributed by atoms with E-state index >= 15 is 0 Å². The van der Waals surface area contributed by atoms with Crippen LogP contribution in [0.5, 0.6) is 0 Å². The van der Waals surface area contributed by atoms with Crippen LogP contribution in [0.4, 0.5) is 0 Å². The number of carbonyl (C=O) groups excluding carboxylic acids is 1. The van der Waals surface area contributed by atoms with Gasteiger partial charge in [0.25, 0.3) is 0 Å². The van der Waals surface area contributed by atoms with Gasteiger partial charge < -0.3 is 14.6 Å². The zero-order chi connectivity index (χ0) is 15.5. The largest absolute Gasteiger partial charge is 0.393 e. The van der Waals surface area contributed by atoms with E-state index in [0.29, 0.717) is 19.4 Å². The fraction of sp³-hybridized carbons (Fsp3) is 0.500. The van der Waals surface area contributed by atoms with Crippen LogP contribution in [-0.2, 0) is 11.3 Å². The third-order valence-corrected chi connectivity index (χ3v) is 4.56. The Bertz CT molecular complexity index is 647. The maximum Gasteiger partial charge on any atom is 0.224 e. The molecule has 0 saturated carbocycles. The molecule has 0 aliphatic carbocycles. The van der Waals surface area contributed by atoms with Crippen LogP contribution in [0.15, 0.2) is 36.5 Å². The second-order valence-electron chi connectivity index (χ2n) is 6.29. The minimum absolute atomic E-state index is 0.209. The summed E-state index contributed by atoms with van der Waals surface area (Å²) >= 11 is 0. The number of aliphatic hydroxyl groups is 1. The minimum atomic E-state index is -0.341. The summed E-state index contributed by atoms with van der Waals surface area (Å²) in [7, 11) is 0. The van der Waals surface area contributed by atoms with Crippen LogP contribution in [0.25, 0.3) is 10.9 Å². The van der Waals surface area contributed by atoms with Gasteiger partial charge in [-0.1, -0.05) is 18.2 Å². The highest BCUT2D eigenvalue weighted by molar-refractivity contribution is 5.80. The summed E-state index contributed by atoms with van der Waals surface area (Å²) in [6, 6.07) is 10.5. The highest BCUT2D eigenvalue weighted by atomic mass is 16.3. The summed E-state index contributed by atoms with van der Waals surface area (Å²) in [4.78, 5) is 14.5. The summed E-state index contributed by atoms with van der Waals surface area (Å²) in [6.07, 6.45) is 4.99. The average molecular weight is 300 g/mol. The van der Waals surface area contributed by atoms with Crippen molar-refractivity contribution < 1.29 is 9.90 Å². The number of nitrogens with zero attached hydrogens (tertiary/aromatic N) is 2. The Morgan fingerprint density at radius 3 is 3.00 bits per heavy atom. The zero-order valence-electron chi connectivity index (χ0n) is 13.1. The van der Waals surface area contributed by atoms with Crippen molar-refractivity contribution in [1.29, 1.82) is 0 Å². The number of rotatable bonds is 5. The highest BCUT2D eigenvalue weighted by Crippen LogP contribution is 2.23. The monoisotopic (exact) mass is 300 g/mol. The number of fused-ring (bicyclic) bond motifs is 1. The number of hydrogen-bond acceptors (Lipinski definition) is 2. The summed E-state index contributed by atoms with van der Waals surface area (Å²) < 4.78 is 2.15. The van der Waals surface area contributed by atoms with Crippen molar-refractivity contribution in [2.75, 3.05) is 6.54 Å². The third-order valence-electron chi connectivity index (χ3n) is 4.56. The lowest BCUT2D eigenvalue weighted by atomic mass is 10.1. The Morgan fingerprint density at radius 1 is 1.36 bits per heavy atom. The number of likely N-dealkylation sites (tertiary alicyclic amines) is 1. The van der Waals surface area contributed by atoms with Gasteiger partial charge in [-0.05, 0) is 43.7 Å². The van der Waals surface area contributed by atoms with Gasteiger partial charge >= 0.3 is 0 Å². The van der Waals surface area contributed by atoms with Crippen LogP contribution < -0.4 is 0 Å². The van der Waals surface area contributed by atoms with E-state index in [0.717, 1.165) is 19.4 Å². The van der Waals surface area contributed by atoms with Crippen LogP contribution in [0.2, 0.25) is 0 Å². The molecule has 1 amide bonds. The Kier molecular flexibility index (Phi) is 4.48. The van der Waals surface area contributed by atoms with Gasteiger partial charge in [-0.15, -0.1) is 0 Å². The van der Waals surface area contributed by atoms with Crippen molar-refractivity contribution in [3.8, 4) is 0 Å². The minimum Gasteiger partial charge on any atom is -0.393 e. The van der Waals surface area contributed by atoms with Crippen LogP contribution in [-0.4, -0.2) is 39.2 Å². The van der Waals surface area contributed by atoms with Gasteiger partial charge in [0.2, 0.25) is 5.91 Å². The van der Waals surface area contributed by atoms with E-state index in [4.69, 9.17) is 0 Å². The summed E-state index contributed by atoms with van der Waals surface area (Å²) in [5.41, 5.74) is 1.18. The molecule has 1 N–H and O–H groups in total. The predicted molar refractivity (Wildman–Crippen MR) is 87.6 cm³/mol. The highest BCUT2D eigenvalue weighted by Gasteiger charge is 2.29. The lowest BCUT2D eigenvalue weighted by Crippen LogP contribution is -2.37. The van der Waals surface area contributed by atoms with Crippen LogP contribution in [0, 0.1) is 0 Å². The fourth-order valence-corrected chi connectivity index (χ4v) is 3.50. The molecule has 1 aliphatic heterocycles. The number of aromatic nitrogens is 1. The second kappa shape index (κ2) is 6.53. The second-order valence-corrected chi connectivity index (χ2v) is 6.29. The van der Waals surface area contributed by atoms with Crippen LogP contribution in [0.3, 0.4) is 0 Å². The average Bonchev–Trinajstić information content (AvgIpc) is 3.11. The third kappa shape index (κ3) is 3.17. The maximum absolute atomic E-state index is 12.5. The number of carbonyl (C=O) groups is 1. The first kappa shape index (κ1) is 15.1. The summed E-state index contributed by atoms with van der Waals surface area (Å²) in [5, 5.41) is 10.8. The molecule has 0 bridgehead atoms. The molecule has 0 radical (unpaired) electrons. The first-order chi connectivity index (χ1) is 10.6. The molecule has 2 atom stereocenters. The van der Waals surface area contributed by atoms with Crippen molar-refractivity contribution >= 4 is 16.8 Å². The molecule has 1 aliphatic rings. The number of aliphatic hydroxyl groups excluding tert-OH is 1. The SMILES string of the molecule is CC(O)CC1CCCN1C(=O)CCn1ccc2ccccc21. The summed E-state index contributed by atoms with van der Waals surface area (Å²) in [6.45, 7) is 3.35. The normalized spacial score (nSPS) is 19.7. The fourth-order valence-electron chi connectivity index (χ4n) is 3.50. The van der Waals surface area contributed by atoms with Gasteiger partial charge in [0.1, 0.15) is 0 Å². The molecule has 3 rings (SSSR count). The standard InChI is InChI=1S/C18H24N2O2/c1-14(21)13-16-6-4-10-20(16)18(22)9-12-19-11-8-15-5-2-3-7-17(15)19/h2-3,5,7-8,11,14,16,21H,4,6,9-10,12-13H2,1H3. The Balaban J connectivity index is 1.62. The van der Waals surface area contributed by atoms with Crippen molar-refractivity contribution in [1.82, 2.24) is 9.47 Å². The van der Waals surface area contributed by atoms with Gasteiger partial charge in [-0.2, -0.15) is 0 Å². The molecule has 1 aromatic heterocycles. The van der Waals surface area contributed by atoms with Crippen LogP contribution in [0.1, 0.15) is 32.6 Å². The molecule has 4 heteroatoms. The molecule has 22 heavy (non-hydrogen) atoms. The molecule has 1 saturated heterocycles. The maximum atomic E-state index is 12.5. The quantitative estimate of drug-likeness (QED) is 0.923. The zero-order valence-corrected chi connectivity index (χ0v) is 13.1. The van der Waals surface area contributed by atoms with Crippen molar-refractivity contribution in [2.24, 2.45) is 0 Å². The Morgan fingerprint density at radius 2 is 2.18 bits per heavy atom. The van der Waals surface area contributed by atoms with Gasteiger partial charge in [0.05, 0.1) is 6.10 Å². The van der Waals surface area contributed by atoms with E-state index in [-0.39, 0.29) is 18.1 Å². The molecule has 2 aromatic rings. The number of para-hydroxylation sites is 1.